The Kier molecular flexibility index (Phi) is 3.30. The topological polar surface area (TPSA) is 37.4 Å². The van der Waals surface area contributed by atoms with Crippen LogP contribution in [-0.4, -0.2) is 12.7 Å². The molecule has 0 spiro atoms. The Morgan fingerprint density at radius 2 is 1.38 bits per heavy atom. The molecule has 21 heavy (non-hydrogen) atoms. The number of aryl methyl sites for hydroxylation is 1. The molecule has 0 saturated heterocycles. The van der Waals surface area contributed by atoms with Crippen LogP contribution in [0.15, 0.2) is 41.3 Å². The quantitative estimate of drug-likeness (QED) is 0.855. The summed E-state index contributed by atoms with van der Waals surface area (Å²) in [5.41, 5.74) is 1.17. The van der Waals surface area contributed by atoms with Crippen molar-refractivity contribution >= 4 is 10.0 Å². The first kappa shape index (κ1) is 14.2. The predicted octanol–water partition coefficient (Wildman–Crippen LogP) is 2.98. The first-order chi connectivity index (χ1) is 9.89. The van der Waals surface area contributed by atoms with Crippen LogP contribution in [0.5, 0.6) is 0 Å². The molecule has 0 radical (unpaired) electrons. The highest BCUT2D eigenvalue weighted by molar-refractivity contribution is 7.89. The molecule has 0 amide bonds. The van der Waals surface area contributed by atoms with E-state index in [1.54, 1.807) is 12.1 Å². The molecule has 0 unspecified atom stereocenters. The third kappa shape index (κ3) is 2.34. The average Bonchev–Trinajstić information content (AvgIpc) is 2.91. The van der Waals surface area contributed by atoms with Crippen LogP contribution in [0.1, 0.15) is 16.7 Å². The maximum atomic E-state index is 13.7. The molecule has 3 rings (SSSR count). The lowest BCUT2D eigenvalue weighted by Crippen LogP contribution is -2.25. The second-order valence-electron chi connectivity index (χ2n) is 5.07. The lowest BCUT2D eigenvalue weighted by Gasteiger charge is -2.15. The average molecular weight is 309 g/mol. The smallest absolute Gasteiger partial charge is 0.207 e. The van der Waals surface area contributed by atoms with Crippen LogP contribution in [0.4, 0.5) is 8.78 Å². The summed E-state index contributed by atoms with van der Waals surface area (Å²) in [6.07, 6.45) is 0. The highest BCUT2D eigenvalue weighted by Crippen LogP contribution is 2.31. The first-order valence-corrected chi connectivity index (χ1v) is 7.86. The fourth-order valence-corrected chi connectivity index (χ4v) is 3.79. The monoisotopic (exact) mass is 309 g/mol. The van der Waals surface area contributed by atoms with Crippen LogP contribution in [0.25, 0.3) is 0 Å². The van der Waals surface area contributed by atoms with E-state index in [4.69, 9.17) is 0 Å². The molecule has 0 atom stereocenters. The van der Waals surface area contributed by atoms with Gasteiger partial charge in [-0.05, 0) is 31.2 Å². The van der Waals surface area contributed by atoms with Gasteiger partial charge < -0.3 is 0 Å². The Labute approximate surface area is 121 Å². The van der Waals surface area contributed by atoms with Crippen molar-refractivity contribution in [3.05, 3.63) is 64.7 Å². The number of hydrogen-bond acceptors (Lipinski definition) is 2. The fourth-order valence-electron chi connectivity index (χ4n) is 2.42. The molecule has 2 aromatic carbocycles. The van der Waals surface area contributed by atoms with Gasteiger partial charge in [-0.15, -0.1) is 0 Å². The van der Waals surface area contributed by atoms with Gasteiger partial charge in [-0.25, -0.2) is 17.2 Å². The van der Waals surface area contributed by atoms with Crippen LogP contribution in [0, 0.1) is 18.6 Å². The number of hydrogen-bond donors (Lipinski definition) is 0. The van der Waals surface area contributed by atoms with Gasteiger partial charge in [0.15, 0.2) is 0 Å². The normalized spacial score (nSPS) is 15.2. The molecule has 0 aliphatic carbocycles. The fraction of sp³-hybridized carbons (Fsp3) is 0.200. The van der Waals surface area contributed by atoms with Crippen molar-refractivity contribution in [1.82, 2.24) is 4.31 Å². The number of benzene rings is 2. The summed E-state index contributed by atoms with van der Waals surface area (Å²) in [5.74, 6) is -1.15. The van der Waals surface area contributed by atoms with Gasteiger partial charge in [0.1, 0.15) is 11.6 Å². The minimum atomic E-state index is -3.76. The Morgan fingerprint density at radius 3 is 1.86 bits per heavy atom. The second kappa shape index (κ2) is 4.89. The van der Waals surface area contributed by atoms with Crippen LogP contribution < -0.4 is 0 Å². The summed E-state index contributed by atoms with van der Waals surface area (Å²) in [4.78, 5) is 0.127. The van der Waals surface area contributed by atoms with E-state index in [0.29, 0.717) is 0 Å². The van der Waals surface area contributed by atoms with Crippen molar-refractivity contribution < 1.29 is 17.2 Å². The van der Waals surface area contributed by atoms with Crippen molar-refractivity contribution in [2.45, 2.75) is 24.9 Å². The maximum Gasteiger partial charge on any atom is 0.243 e. The van der Waals surface area contributed by atoms with Crippen LogP contribution in [-0.2, 0) is 23.1 Å². The number of halogens is 2. The van der Waals surface area contributed by atoms with Gasteiger partial charge in [0.05, 0.1) is 4.90 Å². The van der Waals surface area contributed by atoms with Crippen LogP contribution in [0.2, 0.25) is 0 Å². The van der Waals surface area contributed by atoms with E-state index in [-0.39, 0.29) is 29.1 Å². The molecule has 0 bridgehead atoms. The third-order valence-corrected chi connectivity index (χ3v) is 5.45. The summed E-state index contributed by atoms with van der Waals surface area (Å²) < 4.78 is 53.5. The molecule has 0 N–H and O–H groups in total. The van der Waals surface area contributed by atoms with Crippen molar-refractivity contribution in [3.63, 3.8) is 0 Å². The van der Waals surface area contributed by atoms with Crippen LogP contribution in [0.3, 0.4) is 0 Å². The minimum absolute atomic E-state index is 0.116. The summed E-state index contributed by atoms with van der Waals surface area (Å²) in [6.45, 7) is 1.57. The number of nitrogens with zero attached hydrogens (tertiary/aromatic N) is 1. The Bertz CT molecular complexity index is 770. The zero-order valence-corrected chi connectivity index (χ0v) is 12.1. The Balaban J connectivity index is 1.99. The van der Waals surface area contributed by atoms with Crippen molar-refractivity contribution in [1.29, 1.82) is 0 Å². The molecular formula is C15H13F2NO2S. The second-order valence-corrected chi connectivity index (χ2v) is 7.01. The van der Waals surface area contributed by atoms with E-state index < -0.39 is 21.7 Å². The lowest BCUT2D eigenvalue weighted by atomic mass is 10.1. The van der Waals surface area contributed by atoms with Gasteiger partial charge >= 0.3 is 0 Å². The van der Waals surface area contributed by atoms with Gasteiger partial charge in [0, 0.05) is 24.2 Å². The number of fused-ring (bicyclic) bond motifs is 1. The van der Waals surface area contributed by atoms with Gasteiger partial charge in [-0.2, -0.15) is 4.31 Å². The molecule has 6 heteroatoms. The highest BCUT2D eigenvalue weighted by atomic mass is 32.2. The Morgan fingerprint density at radius 1 is 0.905 bits per heavy atom. The zero-order chi connectivity index (χ0) is 15.2. The first-order valence-electron chi connectivity index (χ1n) is 6.42. The zero-order valence-electron chi connectivity index (χ0n) is 11.3. The maximum absolute atomic E-state index is 13.7. The van der Waals surface area contributed by atoms with E-state index >= 15 is 0 Å². The number of sulfonamides is 1. The highest BCUT2D eigenvalue weighted by Gasteiger charge is 2.33. The molecule has 2 aromatic rings. The van der Waals surface area contributed by atoms with Crippen molar-refractivity contribution in [2.75, 3.05) is 0 Å². The summed E-state index contributed by atoms with van der Waals surface area (Å²) in [7, 11) is -3.76. The van der Waals surface area contributed by atoms with Crippen molar-refractivity contribution in [3.8, 4) is 0 Å². The lowest BCUT2D eigenvalue weighted by molar-refractivity contribution is 0.425. The molecule has 0 saturated carbocycles. The molecule has 1 heterocycles. The molecule has 1 aliphatic heterocycles. The van der Waals surface area contributed by atoms with E-state index in [0.717, 1.165) is 22.0 Å². The molecule has 0 fully saturated rings. The van der Waals surface area contributed by atoms with Gasteiger partial charge in [-0.3, -0.25) is 0 Å². The van der Waals surface area contributed by atoms with E-state index in [1.165, 1.54) is 12.1 Å². The molecule has 3 nitrogen and oxygen atoms in total. The largest absolute Gasteiger partial charge is 0.243 e. The van der Waals surface area contributed by atoms with Crippen LogP contribution >= 0.6 is 0 Å². The molecular weight excluding hydrogens is 296 g/mol. The van der Waals surface area contributed by atoms with E-state index in [9.17, 15) is 17.2 Å². The minimum Gasteiger partial charge on any atom is -0.207 e. The SMILES string of the molecule is Cc1ccc(S(=O)(=O)N2Cc3c(F)ccc(F)c3C2)cc1. The predicted molar refractivity (Wildman–Crippen MR) is 74.0 cm³/mol. The van der Waals surface area contributed by atoms with E-state index in [1.807, 2.05) is 6.92 Å². The standard InChI is InChI=1S/C15H13F2NO2S/c1-10-2-4-11(5-3-10)21(19,20)18-8-12-13(9-18)15(17)7-6-14(12)16/h2-7H,8-9H2,1H3. The Hall–Kier alpha value is -1.79. The third-order valence-electron chi connectivity index (χ3n) is 3.64. The summed E-state index contributed by atoms with van der Waals surface area (Å²) >= 11 is 0. The molecule has 0 aromatic heterocycles. The van der Waals surface area contributed by atoms with Gasteiger partial charge in [0.2, 0.25) is 10.0 Å². The molecule has 1 aliphatic rings. The summed E-state index contributed by atoms with van der Waals surface area (Å²) in [6, 6.07) is 8.43. The van der Waals surface area contributed by atoms with Gasteiger partial charge in [0.25, 0.3) is 0 Å². The number of rotatable bonds is 2. The van der Waals surface area contributed by atoms with Crippen molar-refractivity contribution in [2.24, 2.45) is 0 Å². The van der Waals surface area contributed by atoms with E-state index in [2.05, 4.69) is 0 Å². The van der Waals surface area contributed by atoms with Gasteiger partial charge in [-0.1, -0.05) is 17.7 Å². The summed E-state index contributed by atoms with van der Waals surface area (Å²) in [5, 5.41) is 0. The molecule has 110 valence electrons.